The Morgan fingerprint density at radius 2 is 2.00 bits per heavy atom. The molecule has 0 unspecified atom stereocenters. The Morgan fingerprint density at radius 1 is 1.28 bits per heavy atom. The first-order valence-electron chi connectivity index (χ1n) is 9.36. The number of halogens is 2. The SMILES string of the molecule is Cc1cccc([C@]2(NC(=S)CC(=O)c3ccccc3)CO[C@H](CF)[C@H]2CO)c1F. The fourth-order valence-electron chi connectivity index (χ4n) is 3.83. The van der Waals surface area contributed by atoms with Crippen LogP contribution in [-0.4, -0.2) is 41.9 Å². The molecule has 1 aliphatic heterocycles. The lowest BCUT2D eigenvalue weighted by Crippen LogP contribution is -2.53. The fourth-order valence-corrected chi connectivity index (χ4v) is 4.15. The number of ketones is 1. The lowest BCUT2D eigenvalue weighted by atomic mass is 9.77. The molecule has 2 aromatic rings. The Labute approximate surface area is 173 Å². The van der Waals surface area contributed by atoms with Gasteiger partial charge < -0.3 is 15.2 Å². The van der Waals surface area contributed by atoms with Gasteiger partial charge in [-0.2, -0.15) is 0 Å². The molecule has 1 fully saturated rings. The summed E-state index contributed by atoms with van der Waals surface area (Å²) in [6, 6.07) is 13.6. The number of hydrogen-bond acceptors (Lipinski definition) is 4. The van der Waals surface area contributed by atoms with Crippen LogP contribution in [0.15, 0.2) is 48.5 Å². The Kier molecular flexibility index (Phi) is 6.72. The van der Waals surface area contributed by atoms with Gasteiger partial charge in [-0.05, 0) is 12.5 Å². The number of aliphatic hydroxyl groups is 1. The van der Waals surface area contributed by atoms with Crippen LogP contribution in [0.1, 0.15) is 27.9 Å². The molecule has 1 saturated heterocycles. The Morgan fingerprint density at radius 3 is 2.66 bits per heavy atom. The van der Waals surface area contributed by atoms with Crippen LogP contribution in [-0.2, 0) is 10.3 Å². The van der Waals surface area contributed by atoms with Crippen LogP contribution in [0.3, 0.4) is 0 Å². The minimum absolute atomic E-state index is 0.0765. The number of hydrogen-bond donors (Lipinski definition) is 2. The summed E-state index contributed by atoms with van der Waals surface area (Å²) in [4.78, 5) is 12.7. The van der Waals surface area contributed by atoms with E-state index in [-0.39, 0.29) is 29.4 Å². The highest BCUT2D eigenvalue weighted by atomic mass is 32.1. The second kappa shape index (κ2) is 9.07. The maximum atomic E-state index is 15.0. The summed E-state index contributed by atoms with van der Waals surface area (Å²) in [7, 11) is 0. The summed E-state index contributed by atoms with van der Waals surface area (Å²) in [6.07, 6.45) is -0.993. The number of thiocarbonyl (C=S) groups is 1. The van der Waals surface area contributed by atoms with Crippen molar-refractivity contribution >= 4 is 23.0 Å². The van der Waals surface area contributed by atoms with E-state index in [9.17, 15) is 14.3 Å². The van der Waals surface area contributed by atoms with Crippen molar-refractivity contribution in [2.45, 2.75) is 25.0 Å². The first kappa shape index (κ1) is 21.5. The predicted molar refractivity (Wildman–Crippen MR) is 110 cm³/mol. The molecule has 1 heterocycles. The lowest BCUT2D eigenvalue weighted by molar-refractivity contribution is 0.0524. The van der Waals surface area contributed by atoms with Crippen LogP contribution < -0.4 is 5.32 Å². The van der Waals surface area contributed by atoms with Gasteiger partial charge in [0.25, 0.3) is 0 Å². The van der Waals surface area contributed by atoms with Gasteiger partial charge in [-0.15, -0.1) is 0 Å². The van der Waals surface area contributed by atoms with Crippen molar-refractivity contribution < 1.29 is 23.4 Å². The molecular weight excluding hydrogens is 396 g/mol. The summed E-state index contributed by atoms with van der Waals surface area (Å²) < 4.78 is 34.1. The quantitative estimate of drug-likeness (QED) is 0.532. The molecule has 7 heteroatoms. The molecule has 0 spiro atoms. The van der Waals surface area contributed by atoms with E-state index >= 15 is 4.39 Å². The third kappa shape index (κ3) is 4.22. The number of carbonyl (C=O) groups is 1. The van der Waals surface area contributed by atoms with E-state index in [1.807, 2.05) is 6.07 Å². The molecular formula is C22H23F2NO3S. The fraction of sp³-hybridized carbons (Fsp3) is 0.364. The first-order valence-corrected chi connectivity index (χ1v) is 9.77. The monoisotopic (exact) mass is 419 g/mol. The van der Waals surface area contributed by atoms with Gasteiger partial charge in [-0.3, -0.25) is 4.79 Å². The van der Waals surface area contributed by atoms with Crippen molar-refractivity contribution in [1.82, 2.24) is 5.32 Å². The number of ether oxygens (including phenoxy) is 1. The van der Waals surface area contributed by atoms with Crippen LogP contribution in [0.4, 0.5) is 8.78 Å². The normalized spacial score (nSPS) is 23.7. The maximum absolute atomic E-state index is 15.0. The molecule has 154 valence electrons. The minimum atomic E-state index is -1.27. The molecule has 4 nitrogen and oxygen atoms in total. The molecule has 0 aliphatic carbocycles. The highest BCUT2D eigenvalue weighted by Crippen LogP contribution is 2.41. The molecule has 1 aliphatic rings. The Balaban J connectivity index is 1.93. The van der Waals surface area contributed by atoms with E-state index in [0.29, 0.717) is 11.1 Å². The Hall–Kier alpha value is -2.22. The molecule has 0 aromatic heterocycles. The second-order valence-electron chi connectivity index (χ2n) is 7.21. The van der Waals surface area contributed by atoms with Crippen LogP contribution >= 0.6 is 12.2 Å². The van der Waals surface area contributed by atoms with Crippen LogP contribution in [0.25, 0.3) is 0 Å². The van der Waals surface area contributed by atoms with Crippen molar-refractivity contribution in [3.8, 4) is 0 Å². The summed E-state index contributed by atoms with van der Waals surface area (Å²) in [5, 5.41) is 13.0. The molecule has 2 N–H and O–H groups in total. The average molecular weight is 419 g/mol. The topological polar surface area (TPSA) is 58.6 Å². The summed E-state index contributed by atoms with van der Waals surface area (Å²) in [5.74, 6) is -1.43. The number of alkyl halides is 1. The van der Waals surface area contributed by atoms with E-state index in [1.165, 1.54) is 0 Å². The van der Waals surface area contributed by atoms with Gasteiger partial charge in [-0.1, -0.05) is 60.7 Å². The van der Waals surface area contributed by atoms with Crippen LogP contribution in [0.5, 0.6) is 0 Å². The minimum Gasteiger partial charge on any atom is -0.396 e. The van der Waals surface area contributed by atoms with Gasteiger partial charge in [0.1, 0.15) is 12.5 Å². The maximum Gasteiger partial charge on any atom is 0.169 e. The molecule has 0 saturated carbocycles. The number of benzene rings is 2. The summed E-state index contributed by atoms with van der Waals surface area (Å²) in [5.41, 5.74) is -0.108. The van der Waals surface area contributed by atoms with E-state index in [4.69, 9.17) is 17.0 Å². The number of aliphatic hydroxyl groups excluding tert-OH is 1. The van der Waals surface area contributed by atoms with Gasteiger partial charge in [-0.25, -0.2) is 8.78 Å². The lowest BCUT2D eigenvalue weighted by Gasteiger charge is -2.37. The van der Waals surface area contributed by atoms with Gasteiger partial charge in [0, 0.05) is 17.0 Å². The van der Waals surface area contributed by atoms with E-state index in [1.54, 1.807) is 49.4 Å². The second-order valence-corrected chi connectivity index (χ2v) is 7.71. The van der Waals surface area contributed by atoms with Crippen LogP contribution in [0.2, 0.25) is 0 Å². The molecule has 0 amide bonds. The highest BCUT2D eigenvalue weighted by Gasteiger charge is 2.52. The van der Waals surface area contributed by atoms with Crippen molar-refractivity contribution in [3.05, 3.63) is 71.0 Å². The molecule has 0 radical (unpaired) electrons. The zero-order valence-corrected chi connectivity index (χ0v) is 16.8. The van der Waals surface area contributed by atoms with Crippen molar-refractivity contribution in [2.75, 3.05) is 19.9 Å². The number of Topliss-reactive ketones (excluding diaryl/α,β-unsaturated/α-hetero) is 1. The Bertz CT molecular complexity index is 893. The average Bonchev–Trinajstić information content (AvgIpc) is 3.08. The smallest absolute Gasteiger partial charge is 0.169 e. The van der Waals surface area contributed by atoms with E-state index < -0.39 is 36.7 Å². The number of rotatable bonds is 7. The standard InChI is InChI=1S/C22H23F2NO3S/c1-14-6-5-9-16(21(14)24)22(13-28-19(11-23)17(22)12-26)25-20(29)10-18(27)15-7-3-2-4-8-15/h2-9,17,19,26H,10-13H2,1H3,(H,25,29)/t17-,19-,22-/m1/s1. The number of carbonyl (C=O) groups excluding carboxylic acids is 1. The largest absolute Gasteiger partial charge is 0.396 e. The molecule has 2 aromatic carbocycles. The predicted octanol–water partition coefficient (Wildman–Crippen LogP) is 3.50. The van der Waals surface area contributed by atoms with Gasteiger partial charge in [0.05, 0.1) is 36.3 Å². The third-order valence-electron chi connectivity index (χ3n) is 5.41. The molecule has 29 heavy (non-hydrogen) atoms. The zero-order chi connectivity index (χ0) is 21.0. The summed E-state index contributed by atoms with van der Waals surface area (Å²) in [6.45, 7) is 0.301. The third-order valence-corrected chi connectivity index (χ3v) is 5.65. The summed E-state index contributed by atoms with van der Waals surface area (Å²) >= 11 is 5.41. The number of nitrogens with one attached hydrogen (secondary N) is 1. The van der Waals surface area contributed by atoms with Gasteiger partial charge >= 0.3 is 0 Å². The molecule has 3 atom stereocenters. The zero-order valence-electron chi connectivity index (χ0n) is 16.0. The van der Waals surface area contributed by atoms with Crippen molar-refractivity contribution in [3.63, 3.8) is 0 Å². The van der Waals surface area contributed by atoms with Crippen molar-refractivity contribution in [2.24, 2.45) is 5.92 Å². The first-order chi connectivity index (χ1) is 13.9. The number of aryl methyl sites for hydroxylation is 1. The van der Waals surface area contributed by atoms with Gasteiger partial charge in [0.15, 0.2) is 5.78 Å². The van der Waals surface area contributed by atoms with E-state index in [0.717, 1.165) is 0 Å². The molecule has 0 bridgehead atoms. The van der Waals surface area contributed by atoms with Crippen LogP contribution in [0, 0.1) is 18.7 Å². The molecule has 3 rings (SSSR count). The van der Waals surface area contributed by atoms with E-state index in [2.05, 4.69) is 5.32 Å². The van der Waals surface area contributed by atoms with Crippen molar-refractivity contribution in [1.29, 1.82) is 0 Å². The highest BCUT2D eigenvalue weighted by molar-refractivity contribution is 7.80. The van der Waals surface area contributed by atoms with Gasteiger partial charge in [0.2, 0.25) is 0 Å².